The number of thiophene rings is 1. The van der Waals surface area contributed by atoms with Crippen molar-refractivity contribution in [2.45, 2.75) is 0 Å². The van der Waals surface area contributed by atoms with E-state index in [4.69, 9.17) is 4.74 Å². The minimum absolute atomic E-state index is 0.688. The summed E-state index contributed by atoms with van der Waals surface area (Å²) in [6.45, 7) is 0.688. The van der Waals surface area contributed by atoms with Crippen molar-refractivity contribution in [3.8, 4) is 11.1 Å². The summed E-state index contributed by atoms with van der Waals surface area (Å²) in [6.07, 6.45) is 3.71. The number of ether oxygens (including phenoxy) is 1. The van der Waals surface area contributed by atoms with E-state index in [0.29, 0.717) is 6.54 Å². The van der Waals surface area contributed by atoms with Crippen molar-refractivity contribution in [3.05, 3.63) is 52.4 Å². The summed E-state index contributed by atoms with van der Waals surface area (Å²) >= 11 is 1.72. The van der Waals surface area contributed by atoms with Crippen molar-refractivity contribution in [2.75, 3.05) is 13.7 Å². The first-order valence-corrected chi connectivity index (χ1v) is 6.71. The molecule has 2 heterocycles. The van der Waals surface area contributed by atoms with Gasteiger partial charge in [0.15, 0.2) is 0 Å². The van der Waals surface area contributed by atoms with Crippen LogP contribution in [-0.4, -0.2) is 19.9 Å². The third-order valence-corrected chi connectivity index (χ3v) is 3.69. The maximum absolute atomic E-state index is 5.13. The highest BCUT2D eigenvalue weighted by molar-refractivity contribution is 7.08. The average Bonchev–Trinajstić information content (AvgIpc) is 2.93. The minimum Gasteiger partial charge on any atom is -0.504 e. The van der Waals surface area contributed by atoms with Crippen LogP contribution in [0, 0.1) is 0 Å². The van der Waals surface area contributed by atoms with Gasteiger partial charge in [0.1, 0.15) is 0 Å². The average molecular weight is 255 g/mol. The van der Waals surface area contributed by atoms with Crippen LogP contribution in [0.4, 0.5) is 0 Å². The molecule has 3 rings (SSSR count). The first-order valence-electron chi connectivity index (χ1n) is 5.77. The van der Waals surface area contributed by atoms with Crippen molar-refractivity contribution < 1.29 is 4.74 Å². The van der Waals surface area contributed by atoms with Gasteiger partial charge >= 0.3 is 0 Å². The number of hydrogen-bond acceptors (Lipinski definition) is 3. The maximum Gasteiger partial charge on any atom is 0.0881 e. The summed E-state index contributed by atoms with van der Waals surface area (Å²) in [5.41, 5.74) is 6.01. The second-order valence-corrected chi connectivity index (χ2v) is 4.94. The zero-order valence-corrected chi connectivity index (χ0v) is 10.9. The highest BCUT2D eigenvalue weighted by Crippen LogP contribution is 2.29. The van der Waals surface area contributed by atoms with Crippen LogP contribution in [0.5, 0.6) is 0 Å². The van der Waals surface area contributed by atoms with Gasteiger partial charge < -0.3 is 4.74 Å². The Labute approximate surface area is 110 Å². The van der Waals surface area contributed by atoms with Crippen LogP contribution in [0.2, 0.25) is 0 Å². The van der Waals surface area contributed by atoms with Crippen LogP contribution >= 0.6 is 11.3 Å². The molecule has 0 atom stereocenters. The summed E-state index contributed by atoms with van der Waals surface area (Å²) in [4.78, 5) is 4.34. The van der Waals surface area contributed by atoms with E-state index < -0.39 is 0 Å². The van der Waals surface area contributed by atoms with Gasteiger partial charge in [-0.1, -0.05) is 12.1 Å². The smallest absolute Gasteiger partial charge is 0.0881 e. The molecule has 0 amide bonds. The van der Waals surface area contributed by atoms with Gasteiger partial charge in [-0.3, -0.25) is 4.99 Å². The SMILES string of the molecule is COC=C1CN=Cc2ccc(-c3ccsc3)cc21. The predicted octanol–water partition coefficient (Wildman–Crippen LogP) is 3.83. The Morgan fingerprint density at radius 3 is 3.00 bits per heavy atom. The Hall–Kier alpha value is -1.87. The van der Waals surface area contributed by atoms with Gasteiger partial charge in [0.25, 0.3) is 0 Å². The Kier molecular flexibility index (Phi) is 2.99. The molecule has 1 aromatic carbocycles. The topological polar surface area (TPSA) is 21.6 Å². The third kappa shape index (κ3) is 1.97. The van der Waals surface area contributed by atoms with Gasteiger partial charge in [-0.05, 0) is 39.6 Å². The van der Waals surface area contributed by atoms with Crippen LogP contribution in [-0.2, 0) is 4.74 Å². The molecule has 2 nitrogen and oxygen atoms in total. The fourth-order valence-corrected chi connectivity index (χ4v) is 2.79. The molecule has 3 heteroatoms. The van der Waals surface area contributed by atoms with Crippen molar-refractivity contribution in [2.24, 2.45) is 4.99 Å². The van der Waals surface area contributed by atoms with Gasteiger partial charge in [0.2, 0.25) is 0 Å². The maximum atomic E-state index is 5.13. The summed E-state index contributed by atoms with van der Waals surface area (Å²) in [7, 11) is 1.67. The molecule has 18 heavy (non-hydrogen) atoms. The lowest BCUT2D eigenvalue weighted by molar-refractivity contribution is 0.339. The molecule has 0 unspecified atom stereocenters. The Morgan fingerprint density at radius 2 is 2.22 bits per heavy atom. The molecule has 0 radical (unpaired) electrons. The molecule has 0 N–H and O–H groups in total. The van der Waals surface area contributed by atoms with Crippen LogP contribution < -0.4 is 0 Å². The van der Waals surface area contributed by atoms with E-state index in [1.807, 2.05) is 6.21 Å². The highest BCUT2D eigenvalue weighted by Gasteiger charge is 2.12. The zero-order chi connectivity index (χ0) is 12.4. The van der Waals surface area contributed by atoms with E-state index in [2.05, 4.69) is 40.0 Å². The van der Waals surface area contributed by atoms with Gasteiger partial charge in [0, 0.05) is 17.4 Å². The molecular weight excluding hydrogens is 242 g/mol. The lowest BCUT2D eigenvalue weighted by Gasteiger charge is -2.14. The van der Waals surface area contributed by atoms with E-state index in [-0.39, 0.29) is 0 Å². The van der Waals surface area contributed by atoms with E-state index in [1.165, 1.54) is 16.7 Å². The molecule has 0 bridgehead atoms. The van der Waals surface area contributed by atoms with Gasteiger partial charge in [0.05, 0.1) is 19.9 Å². The van der Waals surface area contributed by atoms with Crippen molar-refractivity contribution in [1.82, 2.24) is 0 Å². The molecule has 0 saturated carbocycles. The Morgan fingerprint density at radius 1 is 1.28 bits per heavy atom. The fraction of sp³-hybridized carbons (Fsp3) is 0.133. The fourth-order valence-electron chi connectivity index (χ4n) is 2.13. The number of benzene rings is 1. The van der Waals surface area contributed by atoms with Crippen LogP contribution in [0.3, 0.4) is 0 Å². The zero-order valence-electron chi connectivity index (χ0n) is 10.1. The number of aliphatic imine (C=N–C) groups is 1. The van der Waals surface area contributed by atoms with E-state index >= 15 is 0 Å². The Bertz CT molecular complexity index is 611. The molecule has 0 fully saturated rings. The molecule has 90 valence electrons. The summed E-state index contributed by atoms with van der Waals surface area (Å²) in [6, 6.07) is 8.62. The molecule has 0 spiro atoms. The monoisotopic (exact) mass is 255 g/mol. The minimum atomic E-state index is 0.688. The number of fused-ring (bicyclic) bond motifs is 1. The van der Waals surface area contributed by atoms with E-state index in [1.54, 1.807) is 24.7 Å². The van der Waals surface area contributed by atoms with Gasteiger partial charge in [-0.15, -0.1) is 0 Å². The number of rotatable bonds is 2. The summed E-state index contributed by atoms with van der Waals surface area (Å²) in [5, 5.41) is 4.26. The first kappa shape index (κ1) is 11.2. The van der Waals surface area contributed by atoms with Gasteiger partial charge in [-0.25, -0.2) is 0 Å². The van der Waals surface area contributed by atoms with Crippen LogP contribution in [0.15, 0.2) is 46.3 Å². The number of nitrogens with zero attached hydrogens (tertiary/aromatic N) is 1. The second-order valence-electron chi connectivity index (χ2n) is 4.16. The largest absolute Gasteiger partial charge is 0.504 e. The normalized spacial score (nSPS) is 15.7. The summed E-state index contributed by atoms with van der Waals surface area (Å²) < 4.78 is 5.13. The van der Waals surface area contributed by atoms with Crippen LogP contribution in [0.1, 0.15) is 11.1 Å². The second kappa shape index (κ2) is 4.78. The molecule has 2 aromatic rings. The standard InChI is InChI=1S/C15H13NOS/c1-17-9-14-8-16-7-12-3-2-11(6-15(12)14)13-4-5-18-10-13/h2-7,9-10H,8H2,1H3. The number of hydrogen-bond donors (Lipinski definition) is 0. The van der Waals surface area contributed by atoms with Crippen molar-refractivity contribution in [3.63, 3.8) is 0 Å². The lowest BCUT2D eigenvalue weighted by Crippen LogP contribution is -2.02. The Balaban J connectivity index is 2.11. The highest BCUT2D eigenvalue weighted by atomic mass is 32.1. The molecule has 1 aliphatic rings. The van der Waals surface area contributed by atoms with Crippen molar-refractivity contribution in [1.29, 1.82) is 0 Å². The molecule has 0 saturated heterocycles. The summed E-state index contributed by atoms with van der Waals surface area (Å²) in [5.74, 6) is 0. The predicted molar refractivity (Wildman–Crippen MR) is 77.2 cm³/mol. The number of methoxy groups -OCH3 is 1. The molecule has 0 aliphatic carbocycles. The molecular formula is C15H13NOS. The van der Waals surface area contributed by atoms with Crippen LogP contribution in [0.25, 0.3) is 16.7 Å². The van der Waals surface area contributed by atoms with E-state index in [0.717, 1.165) is 11.1 Å². The molecule has 1 aliphatic heterocycles. The first-order chi connectivity index (χ1) is 8.88. The lowest BCUT2D eigenvalue weighted by atomic mass is 9.95. The molecule has 1 aromatic heterocycles. The van der Waals surface area contributed by atoms with E-state index in [9.17, 15) is 0 Å². The third-order valence-electron chi connectivity index (χ3n) is 3.01. The quantitative estimate of drug-likeness (QED) is 0.747. The van der Waals surface area contributed by atoms with Crippen molar-refractivity contribution >= 4 is 23.1 Å². The van der Waals surface area contributed by atoms with Gasteiger partial charge in [-0.2, -0.15) is 11.3 Å².